The molecular formula is C31H45FN4O2. The number of fused-ring (bicyclic) bond motifs is 1. The maximum Gasteiger partial charge on any atom is 0.211 e. The Labute approximate surface area is 227 Å². The third-order valence-corrected chi connectivity index (χ3v) is 7.34. The van der Waals surface area contributed by atoms with Crippen LogP contribution in [0.3, 0.4) is 0 Å². The molecule has 0 spiro atoms. The van der Waals surface area contributed by atoms with Crippen LogP contribution in [0.1, 0.15) is 63.1 Å². The van der Waals surface area contributed by atoms with Gasteiger partial charge in [0.2, 0.25) is 6.41 Å². The number of aromatic amines is 1. The van der Waals surface area contributed by atoms with Gasteiger partial charge in [-0.25, -0.2) is 4.39 Å². The lowest BCUT2D eigenvalue weighted by molar-refractivity contribution is -0.111. The molecule has 208 valence electrons. The second-order valence-corrected chi connectivity index (χ2v) is 10.2. The number of likely N-dealkylation sites (tertiary alicyclic amines) is 1. The van der Waals surface area contributed by atoms with Gasteiger partial charge in [0.15, 0.2) is 0 Å². The number of alkyl halides is 1. The minimum absolute atomic E-state index is 0.136. The van der Waals surface area contributed by atoms with Crippen molar-refractivity contribution in [2.24, 2.45) is 11.7 Å². The molecular weight excluding hydrogens is 479 g/mol. The fourth-order valence-corrected chi connectivity index (χ4v) is 4.76. The van der Waals surface area contributed by atoms with Gasteiger partial charge in [-0.3, -0.25) is 4.79 Å². The van der Waals surface area contributed by atoms with Crippen molar-refractivity contribution in [1.29, 1.82) is 0 Å². The van der Waals surface area contributed by atoms with E-state index in [0.29, 0.717) is 18.9 Å². The second kappa shape index (κ2) is 16.7. The van der Waals surface area contributed by atoms with Gasteiger partial charge in [0.05, 0.1) is 0 Å². The Morgan fingerprint density at radius 3 is 2.47 bits per heavy atom. The summed E-state index contributed by atoms with van der Waals surface area (Å²) < 4.78 is 11.9. The zero-order valence-corrected chi connectivity index (χ0v) is 23.3. The Hall–Kier alpha value is -3.03. The van der Waals surface area contributed by atoms with Gasteiger partial charge in [0, 0.05) is 46.2 Å². The van der Waals surface area contributed by atoms with E-state index in [2.05, 4.69) is 59.5 Å². The molecule has 0 saturated carbocycles. The first kappa shape index (κ1) is 31.2. The molecule has 6 nitrogen and oxygen atoms in total. The number of aldehydes is 1. The fraction of sp³-hybridized carbons (Fsp3) is 0.484. The van der Waals surface area contributed by atoms with E-state index >= 15 is 0 Å². The number of rotatable bonds is 10. The molecule has 2 aromatic carbocycles. The Bertz CT molecular complexity index is 1090. The van der Waals surface area contributed by atoms with Gasteiger partial charge in [-0.1, -0.05) is 43.7 Å². The first-order valence-electron chi connectivity index (χ1n) is 13.6. The molecule has 1 amide bonds. The Morgan fingerprint density at radius 2 is 1.89 bits per heavy atom. The molecule has 7 heteroatoms. The first-order valence-corrected chi connectivity index (χ1v) is 13.6. The minimum Gasteiger partial charge on any atom is -0.359 e. The highest BCUT2D eigenvalue weighted by molar-refractivity contribution is 5.86. The van der Waals surface area contributed by atoms with Gasteiger partial charge in [-0.15, -0.1) is 0 Å². The summed E-state index contributed by atoms with van der Waals surface area (Å²) in [6, 6.07) is 19.0. The Kier molecular flexibility index (Phi) is 13.7. The number of aryl methyl sites for hydroxylation is 1. The summed E-state index contributed by atoms with van der Waals surface area (Å²) in [5.74, 6) is 0.878. The number of hydrogen-bond acceptors (Lipinski definition) is 4. The monoisotopic (exact) mass is 524 g/mol. The maximum absolute atomic E-state index is 11.9. The summed E-state index contributed by atoms with van der Waals surface area (Å²) in [6.45, 7) is 7.09. The molecule has 1 aromatic heterocycles. The highest BCUT2D eigenvalue weighted by Crippen LogP contribution is 2.31. The van der Waals surface area contributed by atoms with Crippen LogP contribution < -0.4 is 11.1 Å². The number of nitrogens with two attached hydrogens (primary N) is 1. The van der Waals surface area contributed by atoms with Crippen LogP contribution in [0.2, 0.25) is 0 Å². The summed E-state index contributed by atoms with van der Waals surface area (Å²) in [7, 11) is 2.22. The molecule has 1 aliphatic rings. The van der Waals surface area contributed by atoms with Crippen LogP contribution in [-0.4, -0.2) is 54.9 Å². The van der Waals surface area contributed by atoms with Crippen LogP contribution in [0.4, 0.5) is 10.1 Å². The molecule has 4 atom stereocenters. The van der Waals surface area contributed by atoms with Crippen LogP contribution in [0.5, 0.6) is 0 Å². The van der Waals surface area contributed by atoms with E-state index in [4.69, 9.17) is 5.73 Å². The average molecular weight is 525 g/mol. The third-order valence-electron chi connectivity index (χ3n) is 7.34. The number of likely N-dealkylation sites (N-methyl/N-ethyl adjacent to an activating group) is 1. The first-order chi connectivity index (χ1) is 18.3. The van der Waals surface area contributed by atoms with Crippen molar-refractivity contribution in [3.63, 3.8) is 0 Å². The number of carbonyl (C=O) groups is 2. The average Bonchev–Trinajstić information content (AvgIpc) is 3.48. The zero-order chi connectivity index (χ0) is 27.9. The number of nitrogens with zero attached hydrogens (tertiary/aromatic N) is 1. The normalized spacial score (nSPS) is 18.5. The Balaban J connectivity index is 0.000000201. The molecule has 1 saturated heterocycles. The molecule has 1 aliphatic heterocycles. The number of carbonyl (C=O) groups excluding carboxylic acids is 2. The molecule has 4 N–H and O–H groups in total. The van der Waals surface area contributed by atoms with E-state index in [1.807, 2.05) is 38.1 Å². The summed E-state index contributed by atoms with van der Waals surface area (Å²) in [5.41, 5.74) is 9.91. The quantitative estimate of drug-likeness (QED) is 0.275. The van der Waals surface area contributed by atoms with Gasteiger partial charge >= 0.3 is 0 Å². The topological polar surface area (TPSA) is 91.2 Å². The standard InChI is InChI=1S/C12H17N.C10H10N2O.C9H18FNO/c1-10-12(8-9-13(10)2)11-6-4-3-5-7-11;1-7-4-8-5-9(11-6-13)2-3-10(8)12-7;1-2-8(7-12)4-3-5-9(11)6-10/h3-7,10,12H,8-9H2,1-2H3;2-6,12H,1H3,(H,11,13);7-9H,2-6,11H2,1H3/t10?,12-;;/m0../s1. The van der Waals surface area contributed by atoms with E-state index in [1.54, 1.807) is 0 Å². The molecule has 0 aliphatic carbocycles. The SMILES string of the molecule is CC1[C@@H](c2ccccc2)CCN1C.CCC(C=O)CCCC(N)CF.Cc1cc2cc(NC=O)ccc2[nH]1. The predicted molar refractivity (Wildman–Crippen MR) is 156 cm³/mol. The predicted octanol–water partition coefficient (Wildman–Crippen LogP) is 6.22. The number of aromatic nitrogens is 1. The molecule has 0 bridgehead atoms. The number of amides is 1. The number of nitrogens with one attached hydrogen (secondary N) is 2. The van der Waals surface area contributed by atoms with Crippen LogP contribution in [-0.2, 0) is 9.59 Å². The molecule has 1 fully saturated rings. The number of hydrogen-bond donors (Lipinski definition) is 3. The van der Waals surface area contributed by atoms with Crippen molar-refractivity contribution in [3.05, 3.63) is 65.9 Å². The van der Waals surface area contributed by atoms with Gasteiger partial charge in [-0.05, 0) is 83.0 Å². The lowest BCUT2D eigenvalue weighted by Gasteiger charge is -2.20. The number of H-pyrrole nitrogens is 1. The fourth-order valence-electron chi connectivity index (χ4n) is 4.76. The van der Waals surface area contributed by atoms with Gasteiger partial charge < -0.3 is 25.7 Å². The third kappa shape index (κ3) is 10.0. The molecule has 3 aromatic rings. The molecule has 3 unspecified atom stereocenters. The highest BCUT2D eigenvalue weighted by atomic mass is 19.1. The Morgan fingerprint density at radius 1 is 1.16 bits per heavy atom. The zero-order valence-electron chi connectivity index (χ0n) is 23.3. The van der Waals surface area contributed by atoms with Crippen LogP contribution in [0.15, 0.2) is 54.6 Å². The summed E-state index contributed by atoms with van der Waals surface area (Å²) in [4.78, 5) is 26.2. The molecule has 4 rings (SSSR count). The van der Waals surface area contributed by atoms with Crippen molar-refractivity contribution < 1.29 is 14.0 Å². The van der Waals surface area contributed by atoms with E-state index in [0.717, 1.165) is 53.8 Å². The second-order valence-electron chi connectivity index (χ2n) is 10.2. The number of halogens is 1. The van der Waals surface area contributed by atoms with Crippen LogP contribution in [0, 0.1) is 12.8 Å². The van der Waals surface area contributed by atoms with Gasteiger partial charge in [-0.2, -0.15) is 0 Å². The number of anilines is 1. The molecule has 38 heavy (non-hydrogen) atoms. The lowest BCUT2D eigenvalue weighted by Crippen LogP contribution is -2.24. The van der Waals surface area contributed by atoms with Gasteiger partial charge in [0.1, 0.15) is 13.0 Å². The van der Waals surface area contributed by atoms with E-state index in [9.17, 15) is 14.0 Å². The lowest BCUT2D eigenvalue weighted by atomic mass is 9.93. The van der Waals surface area contributed by atoms with E-state index in [1.165, 1.54) is 18.5 Å². The van der Waals surface area contributed by atoms with Crippen molar-refractivity contribution >= 4 is 29.3 Å². The van der Waals surface area contributed by atoms with Crippen molar-refractivity contribution in [1.82, 2.24) is 9.88 Å². The largest absolute Gasteiger partial charge is 0.359 e. The highest BCUT2D eigenvalue weighted by Gasteiger charge is 2.28. The summed E-state index contributed by atoms with van der Waals surface area (Å²) in [5, 5.41) is 3.73. The van der Waals surface area contributed by atoms with E-state index < -0.39 is 6.67 Å². The summed E-state index contributed by atoms with van der Waals surface area (Å²) >= 11 is 0. The smallest absolute Gasteiger partial charge is 0.211 e. The van der Waals surface area contributed by atoms with Crippen LogP contribution in [0.25, 0.3) is 10.9 Å². The van der Waals surface area contributed by atoms with Crippen molar-refractivity contribution in [2.75, 3.05) is 25.6 Å². The number of benzene rings is 2. The van der Waals surface area contributed by atoms with Crippen LogP contribution >= 0.6 is 0 Å². The van der Waals surface area contributed by atoms with Gasteiger partial charge in [0.25, 0.3) is 0 Å². The van der Waals surface area contributed by atoms with Crippen molar-refractivity contribution in [3.8, 4) is 0 Å². The molecule has 2 heterocycles. The van der Waals surface area contributed by atoms with E-state index in [-0.39, 0.29) is 12.0 Å². The van der Waals surface area contributed by atoms with Crippen molar-refractivity contribution in [2.45, 2.75) is 70.9 Å². The molecule has 0 radical (unpaired) electrons. The minimum atomic E-state index is -0.460. The maximum atomic E-state index is 11.9. The summed E-state index contributed by atoms with van der Waals surface area (Å²) in [6.07, 6.45) is 6.20.